The molecule has 156 valence electrons. The lowest BCUT2D eigenvalue weighted by Crippen LogP contribution is -2.22. The van der Waals surface area contributed by atoms with Crippen molar-refractivity contribution in [1.29, 1.82) is 0 Å². The summed E-state index contributed by atoms with van der Waals surface area (Å²) in [5.41, 5.74) is 5.16. The Bertz CT molecular complexity index is 1090. The average molecular weight is 406 g/mol. The molecule has 3 aromatic rings. The van der Waals surface area contributed by atoms with Crippen LogP contribution in [0.1, 0.15) is 52.6 Å². The van der Waals surface area contributed by atoms with Crippen LogP contribution in [-0.4, -0.2) is 33.5 Å². The quantitative estimate of drug-likeness (QED) is 0.623. The van der Waals surface area contributed by atoms with Crippen LogP contribution in [0.25, 0.3) is 5.69 Å². The Morgan fingerprint density at radius 2 is 1.80 bits per heavy atom. The summed E-state index contributed by atoms with van der Waals surface area (Å²) in [7, 11) is 0. The highest BCUT2D eigenvalue weighted by Crippen LogP contribution is 2.23. The molecule has 0 radical (unpaired) electrons. The molecule has 1 amide bonds. The Morgan fingerprint density at radius 1 is 1.07 bits per heavy atom. The fraction of sp³-hybridized carbons (Fsp3) is 0.304. The molecular weight excluding hydrogens is 380 g/mol. The molecular formula is C23H26N4O3. The van der Waals surface area contributed by atoms with Crippen molar-refractivity contribution in [3.63, 3.8) is 0 Å². The summed E-state index contributed by atoms with van der Waals surface area (Å²) in [5, 5.41) is 11.4. The summed E-state index contributed by atoms with van der Waals surface area (Å²) in [5.74, 6) is -0.835. The SMILES string of the molecule is Cc1ccc(-n2nc(C)c(C(=O)OCC(=O)Nc3ccccc3C(C)C)n2)c(C)c1. The largest absolute Gasteiger partial charge is 0.451 e. The molecule has 1 heterocycles. The van der Waals surface area contributed by atoms with Crippen molar-refractivity contribution < 1.29 is 14.3 Å². The van der Waals surface area contributed by atoms with Gasteiger partial charge in [-0.25, -0.2) is 4.79 Å². The van der Waals surface area contributed by atoms with E-state index in [1.807, 2.05) is 70.2 Å². The number of hydrogen-bond donors (Lipinski definition) is 1. The second-order valence-electron chi connectivity index (χ2n) is 7.58. The van der Waals surface area contributed by atoms with E-state index in [9.17, 15) is 9.59 Å². The van der Waals surface area contributed by atoms with Gasteiger partial charge in [0.15, 0.2) is 12.3 Å². The van der Waals surface area contributed by atoms with Gasteiger partial charge in [0.05, 0.1) is 11.4 Å². The molecule has 0 bridgehead atoms. The zero-order valence-corrected chi connectivity index (χ0v) is 17.9. The molecule has 2 aromatic carbocycles. The molecule has 0 saturated heterocycles. The molecule has 0 aliphatic carbocycles. The summed E-state index contributed by atoms with van der Waals surface area (Å²) in [6.45, 7) is 9.34. The first kappa shape index (κ1) is 21.2. The Kier molecular flexibility index (Phi) is 6.30. The topological polar surface area (TPSA) is 86.1 Å². The van der Waals surface area contributed by atoms with E-state index < -0.39 is 18.5 Å². The second-order valence-corrected chi connectivity index (χ2v) is 7.58. The lowest BCUT2D eigenvalue weighted by atomic mass is 10.0. The van der Waals surface area contributed by atoms with Crippen LogP contribution in [0.3, 0.4) is 0 Å². The third kappa shape index (κ3) is 4.74. The molecule has 0 atom stereocenters. The minimum atomic E-state index is -0.684. The maximum absolute atomic E-state index is 12.5. The lowest BCUT2D eigenvalue weighted by Gasteiger charge is -2.13. The first-order chi connectivity index (χ1) is 14.3. The first-order valence-electron chi connectivity index (χ1n) is 9.83. The summed E-state index contributed by atoms with van der Waals surface area (Å²) in [4.78, 5) is 26.2. The fourth-order valence-electron chi connectivity index (χ4n) is 3.20. The van der Waals surface area contributed by atoms with E-state index in [4.69, 9.17) is 4.74 Å². The van der Waals surface area contributed by atoms with E-state index in [0.717, 1.165) is 22.4 Å². The summed E-state index contributed by atoms with van der Waals surface area (Å²) in [6.07, 6.45) is 0. The van der Waals surface area contributed by atoms with E-state index in [0.29, 0.717) is 11.4 Å². The molecule has 1 N–H and O–H groups in total. The predicted octanol–water partition coefficient (Wildman–Crippen LogP) is 4.11. The van der Waals surface area contributed by atoms with Crippen molar-refractivity contribution in [3.05, 3.63) is 70.5 Å². The van der Waals surface area contributed by atoms with Crippen molar-refractivity contribution in [2.75, 3.05) is 11.9 Å². The van der Waals surface area contributed by atoms with Crippen LogP contribution >= 0.6 is 0 Å². The Labute approximate surface area is 176 Å². The molecule has 0 aliphatic heterocycles. The van der Waals surface area contributed by atoms with Crippen molar-refractivity contribution in [2.24, 2.45) is 0 Å². The molecule has 1 aromatic heterocycles. The summed E-state index contributed by atoms with van der Waals surface area (Å²) >= 11 is 0. The van der Waals surface area contributed by atoms with E-state index in [2.05, 4.69) is 15.5 Å². The molecule has 3 rings (SSSR count). The van der Waals surface area contributed by atoms with E-state index in [1.165, 1.54) is 4.80 Å². The number of anilines is 1. The lowest BCUT2D eigenvalue weighted by molar-refractivity contribution is -0.119. The third-order valence-electron chi connectivity index (χ3n) is 4.73. The number of amides is 1. The Morgan fingerprint density at radius 3 is 2.50 bits per heavy atom. The van der Waals surface area contributed by atoms with Gasteiger partial charge in [0.25, 0.3) is 5.91 Å². The summed E-state index contributed by atoms with van der Waals surface area (Å²) in [6, 6.07) is 13.4. The zero-order valence-electron chi connectivity index (χ0n) is 17.9. The van der Waals surface area contributed by atoms with Gasteiger partial charge in [-0.15, -0.1) is 5.10 Å². The number of nitrogens with zero attached hydrogens (tertiary/aromatic N) is 3. The van der Waals surface area contributed by atoms with Gasteiger partial charge in [0, 0.05) is 5.69 Å². The second kappa shape index (κ2) is 8.90. The van der Waals surface area contributed by atoms with Gasteiger partial charge in [0.1, 0.15) is 0 Å². The zero-order chi connectivity index (χ0) is 21.8. The Hall–Kier alpha value is -3.48. The third-order valence-corrected chi connectivity index (χ3v) is 4.73. The molecule has 7 heteroatoms. The number of nitrogens with one attached hydrogen (secondary N) is 1. The minimum Gasteiger partial charge on any atom is -0.451 e. The molecule has 0 spiro atoms. The first-order valence-corrected chi connectivity index (χ1v) is 9.83. The van der Waals surface area contributed by atoms with Gasteiger partial charge in [-0.05, 0) is 49.9 Å². The van der Waals surface area contributed by atoms with Gasteiger partial charge in [0.2, 0.25) is 0 Å². The number of aryl methyl sites for hydroxylation is 3. The fourth-order valence-corrected chi connectivity index (χ4v) is 3.20. The maximum atomic E-state index is 12.5. The normalized spacial score (nSPS) is 10.9. The molecule has 0 unspecified atom stereocenters. The van der Waals surface area contributed by atoms with Crippen molar-refractivity contribution in [3.8, 4) is 5.69 Å². The van der Waals surface area contributed by atoms with Crippen LogP contribution in [0.15, 0.2) is 42.5 Å². The maximum Gasteiger partial charge on any atom is 0.361 e. The van der Waals surface area contributed by atoms with E-state index in [-0.39, 0.29) is 11.6 Å². The molecule has 7 nitrogen and oxygen atoms in total. The number of benzene rings is 2. The van der Waals surface area contributed by atoms with Crippen LogP contribution in [0.5, 0.6) is 0 Å². The van der Waals surface area contributed by atoms with Crippen LogP contribution in [0, 0.1) is 20.8 Å². The number of ether oxygens (including phenoxy) is 1. The molecule has 0 fully saturated rings. The van der Waals surface area contributed by atoms with Crippen molar-refractivity contribution in [1.82, 2.24) is 15.0 Å². The number of para-hydroxylation sites is 1. The van der Waals surface area contributed by atoms with Crippen molar-refractivity contribution >= 4 is 17.6 Å². The van der Waals surface area contributed by atoms with E-state index in [1.54, 1.807) is 6.92 Å². The van der Waals surface area contributed by atoms with Gasteiger partial charge in [-0.1, -0.05) is 49.7 Å². The minimum absolute atomic E-state index is 0.0883. The molecule has 0 saturated carbocycles. The smallest absolute Gasteiger partial charge is 0.361 e. The number of carbonyl (C=O) groups excluding carboxylic acids is 2. The number of rotatable bonds is 6. The predicted molar refractivity (Wildman–Crippen MR) is 115 cm³/mol. The molecule has 30 heavy (non-hydrogen) atoms. The van der Waals surface area contributed by atoms with Gasteiger partial charge >= 0.3 is 5.97 Å². The standard InChI is InChI=1S/C23H26N4O3/c1-14(2)18-8-6-7-9-19(18)24-21(28)13-30-23(29)22-17(5)25-27(26-22)20-11-10-15(3)12-16(20)4/h6-12,14H,13H2,1-5H3,(H,24,28). The Balaban J connectivity index is 1.67. The highest BCUT2D eigenvalue weighted by Gasteiger charge is 2.20. The number of esters is 1. The monoisotopic (exact) mass is 406 g/mol. The summed E-state index contributed by atoms with van der Waals surface area (Å²) < 4.78 is 5.18. The average Bonchev–Trinajstić information content (AvgIpc) is 3.07. The number of aromatic nitrogens is 3. The van der Waals surface area contributed by atoms with Crippen molar-refractivity contribution in [2.45, 2.75) is 40.5 Å². The van der Waals surface area contributed by atoms with Crippen LogP contribution in [-0.2, 0) is 9.53 Å². The van der Waals surface area contributed by atoms with Gasteiger partial charge in [-0.3, -0.25) is 4.79 Å². The van der Waals surface area contributed by atoms with Gasteiger partial charge in [-0.2, -0.15) is 9.90 Å². The van der Waals surface area contributed by atoms with Crippen LogP contribution in [0.2, 0.25) is 0 Å². The molecule has 0 aliphatic rings. The van der Waals surface area contributed by atoms with Crippen LogP contribution in [0.4, 0.5) is 5.69 Å². The number of hydrogen-bond acceptors (Lipinski definition) is 5. The van der Waals surface area contributed by atoms with Gasteiger partial charge < -0.3 is 10.1 Å². The van der Waals surface area contributed by atoms with E-state index >= 15 is 0 Å². The highest BCUT2D eigenvalue weighted by molar-refractivity contribution is 5.95. The van der Waals surface area contributed by atoms with Crippen LogP contribution < -0.4 is 5.32 Å². The highest BCUT2D eigenvalue weighted by atomic mass is 16.5. The number of carbonyl (C=O) groups is 2.